The van der Waals surface area contributed by atoms with Crippen LogP contribution in [0, 0.1) is 23.3 Å². The number of ether oxygens (including phenoxy) is 2. The number of carbonyl (C=O) groups is 2. The third kappa shape index (κ3) is 4.83. The molecule has 0 saturated heterocycles. The Morgan fingerprint density at radius 3 is 1.17 bits per heavy atom. The molecule has 0 amide bonds. The first-order valence-corrected chi connectivity index (χ1v) is 8.67. The second kappa shape index (κ2) is 9.21. The molecule has 0 saturated carbocycles. The molecule has 0 aromatic heterocycles. The summed E-state index contributed by atoms with van der Waals surface area (Å²) in [4.78, 5) is 23.7. The van der Waals surface area contributed by atoms with E-state index in [0.29, 0.717) is 11.1 Å². The van der Waals surface area contributed by atoms with Crippen molar-refractivity contribution in [2.24, 2.45) is 0 Å². The van der Waals surface area contributed by atoms with Gasteiger partial charge < -0.3 is 9.47 Å². The van der Waals surface area contributed by atoms with Crippen molar-refractivity contribution in [3.63, 3.8) is 0 Å². The Morgan fingerprint density at radius 1 is 0.567 bits per heavy atom. The van der Waals surface area contributed by atoms with Crippen LogP contribution in [0.15, 0.2) is 60.7 Å². The van der Waals surface area contributed by atoms with E-state index in [1.54, 1.807) is 0 Å². The second-order valence-corrected chi connectivity index (χ2v) is 6.16. The van der Waals surface area contributed by atoms with Gasteiger partial charge in [0.05, 0.1) is 0 Å². The number of hydrogen-bond donors (Lipinski definition) is 0. The average molecular weight is 418 g/mol. The fourth-order valence-electron chi connectivity index (χ4n) is 2.56. The third-order valence-corrected chi connectivity index (χ3v) is 4.10. The summed E-state index contributed by atoms with van der Waals surface area (Å²) in [6, 6.07) is 12.2. The minimum atomic E-state index is -1.14. The molecule has 0 unspecified atom stereocenters. The summed E-state index contributed by atoms with van der Waals surface area (Å²) in [6.45, 7) is -0.486. The summed E-state index contributed by atoms with van der Waals surface area (Å²) >= 11 is 0. The summed E-state index contributed by atoms with van der Waals surface area (Å²) in [5.74, 6) is -6.38. The Kier molecular flexibility index (Phi) is 6.46. The Hall–Kier alpha value is -3.68. The Balaban J connectivity index is 1.56. The van der Waals surface area contributed by atoms with E-state index in [1.165, 1.54) is 24.3 Å². The summed E-state index contributed by atoms with van der Waals surface area (Å²) in [5, 5.41) is 0. The van der Waals surface area contributed by atoms with E-state index in [1.807, 2.05) is 0 Å². The lowest BCUT2D eigenvalue weighted by atomic mass is 10.1. The van der Waals surface area contributed by atoms with E-state index in [2.05, 4.69) is 0 Å². The second-order valence-electron chi connectivity index (χ2n) is 6.16. The summed E-state index contributed by atoms with van der Waals surface area (Å²) in [7, 11) is 0. The Labute approximate surface area is 168 Å². The third-order valence-electron chi connectivity index (χ3n) is 4.10. The number of esters is 2. The molecule has 3 aromatic rings. The van der Waals surface area contributed by atoms with Gasteiger partial charge in [0.2, 0.25) is 0 Å². The van der Waals surface area contributed by atoms with Crippen molar-refractivity contribution in [1.82, 2.24) is 0 Å². The number of benzene rings is 3. The van der Waals surface area contributed by atoms with Crippen LogP contribution in [0.25, 0.3) is 0 Å². The van der Waals surface area contributed by atoms with Crippen LogP contribution < -0.4 is 0 Å². The maximum atomic E-state index is 13.6. The molecule has 8 heteroatoms. The van der Waals surface area contributed by atoms with Gasteiger partial charge in [0.1, 0.15) is 47.6 Å². The highest BCUT2D eigenvalue weighted by molar-refractivity contribution is 5.90. The highest BCUT2D eigenvalue weighted by Crippen LogP contribution is 2.16. The lowest BCUT2D eigenvalue weighted by Gasteiger charge is -2.09. The molecule has 0 N–H and O–H groups in total. The summed E-state index contributed by atoms with van der Waals surface area (Å²) in [6.07, 6.45) is 0. The van der Waals surface area contributed by atoms with Crippen LogP contribution in [-0.2, 0) is 22.7 Å². The first kappa shape index (κ1) is 21.0. The van der Waals surface area contributed by atoms with Crippen molar-refractivity contribution in [2.45, 2.75) is 13.2 Å². The van der Waals surface area contributed by atoms with Gasteiger partial charge in [-0.25, -0.2) is 27.2 Å². The number of rotatable bonds is 6. The molecule has 0 spiro atoms. The quantitative estimate of drug-likeness (QED) is 0.420. The lowest BCUT2D eigenvalue weighted by Crippen LogP contribution is -2.11. The number of halogens is 4. The van der Waals surface area contributed by atoms with Crippen molar-refractivity contribution < 1.29 is 36.6 Å². The predicted octanol–water partition coefficient (Wildman–Crippen LogP) is 4.96. The zero-order valence-electron chi connectivity index (χ0n) is 15.3. The molecule has 0 aliphatic carbocycles. The van der Waals surface area contributed by atoms with E-state index >= 15 is 0 Å². The monoisotopic (exact) mass is 418 g/mol. The van der Waals surface area contributed by atoms with E-state index in [0.717, 1.165) is 36.4 Å². The first-order valence-electron chi connectivity index (χ1n) is 8.67. The van der Waals surface area contributed by atoms with Gasteiger partial charge in [-0.2, -0.15) is 0 Å². The van der Waals surface area contributed by atoms with E-state index in [9.17, 15) is 27.2 Å². The van der Waals surface area contributed by atoms with Gasteiger partial charge in [0.25, 0.3) is 0 Å². The summed E-state index contributed by atoms with van der Waals surface area (Å²) in [5.41, 5.74) is -0.534. The molecule has 154 valence electrons. The first-order chi connectivity index (χ1) is 14.4. The molecule has 4 nitrogen and oxygen atoms in total. The predicted molar refractivity (Wildman–Crippen MR) is 97.4 cm³/mol. The van der Waals surface area contributed by atoms with Crippen LogP contribution in [0.3, 0.4) is 0 Å². The smallest absolute Gasteiger partial charge is 0.344 e. The average Bonchev–Trinajstić information content (AvgIpc) is 2.71. The van der Waals surface area contributed by atoms with Gasteiger partial charge in [-0.05, 0) is 35.4 Å². The zero-order valence-corrected chi connectivity index (χ0v) is 15.3. The van der Waals surface area contributed by atoms with Crippen LogP contribution in [0.2, 0.25) is 0 Å². The SMILES string of the molecule is O=C(OCc1ccc(COC(=O)c2c(F)cccc2F)cc1)c1c(F)cccc1F. The molecule has 0 atom stereocenters. The molecule has 30 heavy (non-hydrogen) atoms. The fraction of sp³-hybridized carbons (Fsp3) is 0.0909. The highest BCUT2D eigenvalue weighted by Gasteiger charge is 2.19. The molecule has 3 rings (SSSR count). The maximum Gasteiger partial charge on any atom is 0.344 e. The van der Waals surface area contributed by atoms with Gasteiger partial charge in [0.15, 0.2) is 0 Å². The largest absolute Gasteiger partial charge is 0.457 e. The molecule has 3 aromatic carbocycles. The molecule has 0 radical (unpaired) electrons. The minimum Gasteiger partial charge on any atom is -0.457 e. The zero-order chi connectivity index (χ0) is 21.7. The van der Waals surface area contributed by atoms with Crippen LogP contribution in [0.1, 0.15) is 31.8 Å². The van der Waals surface area contributed by atoms with Crippen molar-refractivity contribution in [1.29, 1.82) is 0 Å². The van der Waals surface area contributed by atoms with Gasteiger partial charge in [-0.3, -0.25) is 0 Å². The number of carbonyl (C=O) groups excluding carboxylic acids is 2. The molecular weight excluding hydrogens is 404 g/mol. The van der Waals surface area contributed by atoms with E-state index in [-0.39, 0.29) is 13.2 Å². The standard InChI is InChI=1S/C22H14F4O4/c23-15-3-1-4-16(24)19(15)21(27)29-11-13-7-9-14(10-8-13)12-30-22(28)20-17(25)5-2-6-18(20)26/h1-10H,11-12H2. The van der Waals surface area contributed by atoms with Crippen molar-refractivity contribution in [2.75, 3.05) is 0 Å². The summed E-state index contributed by atoms with van der Waals surface area (Å²) < 4.78 is 64.1. The van der Waals surface area contributed by atoms with Gasteiger partial charge >= 0.3 is 11.9 Å². The topological polar surface area (TPSA) is 52.6 Å². The van der Waals surface area contributed by atoms with Crippen molar-refractivity contribution >= 4 is 11.9 Å². The molecular formula is C22H14F4O4. The van der Waals surface area contributed by atoms with Crippen molar-refractivity contribution in [3.8, 4) is 0 Å². The molecule has 0 heterocycles. The van der Waals surface area contributed by atoms with E-state index < -0.39 is 46.3 Å². The minimum absolute atomic E-state index is 0.243. The van der Waals surface area contributed by atoms with Gasteiger partial charge in [-0.1, -0.05) is 36.4 Å². The van der Waals surface area contributed by atoms with Crippen LogP contribution in [-0.4, -0.2) is 11.9 Å². The number of hydrogen-bond acceptors (Lipinski definition) is 4. The maximum absolute atomic E-state index is 13.6. The van der Waals surface area contributed by atoms with Gasteiger partial charge in [-0.15, -0.1) is 0 Å². The van der Waals surface area contributed by atoms with E-state index in [4.69, 9.17) is 9.47 Å². The van der Waals surface area contributed by atoms with Crippen LogP contribution in [0.4, 0.5) is 17.6 Å². The Bertz CT molecular complexity index is 954. The van der Waals surface area contributed by atoms with Gasteiger partial charge in [0, 0.05) is 0 Å². The molecule has 0 bridgehead atoms. The highest BCUT2D eigenvalue weighted by atomic mass is 19.1. The van der Waals surface area contributed by atoms with Crippen molar-refractivity contribution in [3.05, 3.63) is 106 Å². The van der Waals surface area contributed by atoms with Crippen LogP contribution in [0.5, 0.6) is 0 Å². The lowest BCUT2D eigenvalue weighted by molar-refractivity contribution is 0.0448. The molecule has 0 aliphatic rings. The normalized spacial score (nSPS) is 10.5. The molecule has 0 fully saturated rings. The molecule has 0 aliphatic heterocycles. The fourth-order valence-corrected chi connectivity index (χ4v) is 2.56. The Morgan fingerprint density at radius 2 is 0.867 bits per heavy atom. The van der Waals surface area contributed by atoms with Crippen LogP contribution >= 0.6 is 0 Å².